The molecule has 3 heterocycles. The predicted octanol–water partition coefficient (Wildman–Crippen LogP) is 2.06. The van der Waals surface area contributed by atoms with Crippen LogP contribution in [0.25, 0.3) is 0 Å². The highest BCUT2D eigenvalue weighted by atomic mass is 16.2. The fraction of sp³-hybridized carbons (Fsp3) is 0.526. The summed E-state index contributed by atoms with van der Waals surface area (Å²) >= 11 is 0. The molecule has 0 aliphatic carbocycles. The van der Waals surface area contributed by atoms with E-state index in [0.29, 0.717) is 12.6 Å². The molecule has 146 valence electrons. The number of aromatic nitrogens is 3. The van der Waals surface area contributed by atoms with E-state index >= 15 is 0 Å². The molecule has 1 atom stereocenters. The Kier molecular flexibility index (Phi) is 6.16. The zero-order valence-electron chi connectivity index (χ0n) is 16.4. The first kappa shape index (κ1) is 19.0. The van der Waals surface area contributed by atoms with Crippen molar-refractivity contribution in [1.29, 1.82) is 0 Å². The van der Waals surface area contributed by atoms with E-state index in [-0.39, 0.29) is 6.03 Å². The van der Waals surface area contributed by atoms with Crippen LogP contribution in [0.15, 0.2) is 30.6 Å². The van der Waals surface area contributed by atoms with Crippen LogP contribution in [0.5, 0.6) is 0 Å². The van der Waals surface area contributed by atoms with Crippen molar-refractivity contribution in [1.82, 2.24) is 25.0 Å². The Morgan fingerprint density at radius 3 is 2.78 bits per heavy atom. The Balaban J connectivity index is 1.48. The maximum atomic E-state index is 12.5. The van der Waals surface area contributed by atoms with Gasteiger partial charge in [-0.3, -0.25) is 4.68 Å². The van der Waals surface area contributed by atoms with Gasteiger partial charge in [0.2, 0.25) is 0 Å². The smallest absolute Gasteiger partial charge is 0.317 e. The molecule has 27 heavy (non-hydrogen) atoms. The van der Waals surface area contributed by atoms with Crippen molar-refractivity contribution in [2.45, 2.75) is 31.8 Å². The SMILES string of the molecule is CN(C)c1ccc(N[C@H]2CCCN(C(=O)NCc3ccnn3C)CC2)cn1. The molecule has 1 saturated heterocycles. The summed E-state index contributed by atoms with van der Waals surface area (Å²) in [5.41, 5.74) is 2.02. The van der Waals surface area contributed by atoms with Gasteiger partial charge in [-0.2, -0.15) is 5.10 Å². The average molecular weight is 371 g/mol. The summed E-state index contributed by atoms with van der Waals surface area (Å²) in [6, 6.07) is 6.34. The van der Waals surface area contributed by atoms with Crippen LogP contribution >= 0.6 is 0 Å². The number of amides is 2. The van der Waals surface area contributed by atoms with Gasteiger partial charge in [-0.1, -0.05) is 0 Å². The van der Waals surface area contributed by atoms with Crippen LogP contribution in [0, 0.1) is 0 Å². The minimum absolute atomic E-state index is 0.00569. The van der Waals surface area contributed by atoms with Crippen LogP contribution in [-0.4, -0.2) is 58.9 Å². The number of carbonyl (C=O) groups excluding carboxylic acids is 1. The number of anilines is 2. The average Bonchev–Trinajstić information content (AvgIpc) is 2.92. The molecular formula is C19H29N7O. The number of nitrogens with zero attached hydrogens (tertiary/aromatic N) is 5. The molecule has 3 rings (SSSR count). The summed E-state index contributed by atoms with van der Waals surface area (Å²) in [4.78, 5) is 20.8. The zero-order chi connectivity index (χ0) is 19.2. The molecule has 0 saturated carbocycles. The van der Waals surface area contributed by atoms with Crippen molar-refractivity contribution in [3.05, 3.63) is 36.3 Å². The molecule has 2 aromatic heterocycles. The fourth-order valence-corrected chi connectivity index (χ4v) is 3.27. The van der Waals surface area contributed by atoms with E-state index < -0.39 is 0 Å². The van der Waals surface area contributed by atoms with Gasteiger partial charge in [0.05, 0.1) is 24.1 Å². The molecule has 0 unspecified atom stereocenters. The Labute approximate surface area is 160 Å². The van der Waals surface area contributed by atoms with E-state index in [1.165, 1.54) is 0 Å². The number of aryl methyl sites for hydroxylation is 1. The summed E-state index contributed by atoms with van der Waals surface area (Å²) in [6.07, 6.45) is 6.57. The first-order chi connectivity index (χ1) is 13.0. The molecule has 1 fully saturated rings. The van der Waals surface area contributed by atoms with E-state index in [9.17, 15) is 4.79 Å². The number of likely N-dealkylation sites (tertiary alicyclic amines) is 1. The van der Waals surface area contributed by atoms with E-state index in [2.05, 4.69) is 26.8 Å². The third kappa shape index (κ3) is 5.12. The third-order valence-corrected chi connectivity index (χ3v) is 4.94. The summed E-state index contributed by atoms with van der Waals surface area (Å²) in [5, 5.41) is 10.7. The van der Waals surface area contributed by atoms with Gasteiger partial charge in [-0.25, -0.2) is 9.78 Å². The van der Waals surface area contributed by atoms with Crippen LogP contribution in [0.4, 0.5) is 16.3 Å². The molecule has 8 nitrogen and oxygen atoms in total. The Bertz CT molecular complexity index is 741. The largest absolute Gasteiger partial charge is 0.381 e. The molecule has 1 aliphatic heterocycles. The van der Waals surface area contributed by atoms with Crippen molar-refractivity contribution in [2.75, 3.05) is 37.4 Å². The first-order valence-electron chi connectivity index (χ1n) is 9.42. The van der Waals surface area contributed by atoms with Crippen LogP contribution < -0.4 is 15.5 Å². The van der Waals surface area contributed by atoms with Crippen molar-refractivity contribution in [3.8, 4) is 0 Å². The second kappa shape index (κ2) is 8.75. The standard InChI is InChI=1S/C19H29N7O/c1-24(2)18-7-6-16(13-20-18)23-15-5-4-11-26(12-9-15)19(27)21-14-17-8-10-22-25(17)3/h6-8,10,13,15,23H,4-5,9,11-12,14H2,1-3H3,(H,21,27)/t15-/m0/s1. The number of hydrogen-bond acceptors (Lipinski definition) is 5. The van der Waals surface area contributed by atoms with Crippen molar-refractivity contribution in [3.63, 3.8) is 0 Å². The quantitative estimate of drug-likeness (QED) is 0.841. The molecule has 2 amide bonds. The highest BCUT2D eigenvalue weighted by molar-refractivity contribution is 5.74. The number of nitrogens with one attached hydrogen (secondary N) is 2. The number of hydrogen-bond donors (Lipinski definition) is 2. The van der Waals surface area contributed by atoms with Crippen LogP contribution in [-0.2, 0) is 13.6 Å². The monoisotopic (exact) mass is 371 g/mol. The number of urea groups is 1. The maximum absolute atomic E-state index is 12.5. The summed E-state index contributed by atoms with van der Waals surface area (Å²) in [7, 11) is 5.84. The van der Waals surface area contributed by atoms with Gasteiger partial charge >= 0.3 is 6.03 Å². The molecule has 1 aliphatic rings. The maximum Gasteiger partial charge on any atom is 0.317 e. The minimum atomic E-state index is -0.00569. The third-order valence-electron chi connectivity index (χ3n) is 4.94. The lowest BCUT2D eigenvalue weighted by molar-refractivity contribution is 0.199. The number of rotatable bonds is 5. The lowest BCUT2D eigenvalue weighted by Crippen LogP contribution is -2.40. The summed E-state index contributed by atoms with van der Waals surface area (Å²) in [5.74, 6) is 0.942. The molecule has 2 aromatic rings. The molecule has 8 heteroatoms. The van der Waals surface area contributed by atoms with E-state index in [1.807, 2.05) is 49.3 Å². The molecule has 0 aromatic carbocycles. The minimum Gasteiger partial charge on any atom is -0.381 e. The van der Waals surface area contributed by atoms with Crippen molar-refractivity contribution in [2.24, 2.45) is 7.05 Å². The van der Waals surface area contributed by atoms with Crippen LogP contribution in [0.1, 0.15) is 25.0 Å². The molecular weight excluding hydrogens is 342 g/mol. The highest BCUT2D eigenvalue weighted by Gasteiger charge is 2.20. The topological polar surface area (TPSA) is 78.3 Å². The molecule has 0 bridgehead atoms. The van der Waals surface area contributed by atoms with E-state index in [4.69, 9.17) is 0 Å². The van der Waals surface area contributed by atoms with E-state index in [0.717, 1.165) is 49.6 Å². The van der Waals surface area contributed by atoms with Gasteiger partial charge in [-0.15, -0.1) is 0 Å². The first-order valence-corrected chi connectivity index (χ1v) is 9.42. The van der Waals surface area contributed by atoms with Crippen LogP contribution in [0.3, 0.4) is 0 Å². The zero-order valence-corrected chi connectivity index (χ0v) is 16.4. The summed E-state index contributed by atoms with van der Waals surface area (Å²) in [6.45, 7) is 2.03. The van der Waals surface area contributed by atoms with Gasteiger partial charge in [0, 0.05) is 46.5 Å². The number of pyridine rings is 1. The lowest BCUT2D eigenvalue weighted by Gasteiger charge is -2.22. The number of carbonyl (C=O) groups is 1. The van der Waals surface area contributed by atoms with E-state index in [1.54, 1.807) is 10.9 Å². The van der Waals surface area contributed by atoms with Gasteiger partial charge in [0.15, 0.2) is 0 Å². The highest BCUT2D eigenvalue weighted by Crippen LogP contribution is 2.18. The molecule has 2 N–H and O–H groups in total. The predicted molar refractivity (Wildman–Crippen MR) is 107 cm³/mol. The van der Waals surface area contributed by atoms with Crippen molar-refractivity contribution >= 4 is 17.5 Å². The van der Waals surface area contributed by atoms with Gasteiger partial charge in [-0.05, 0) is 37.5 Å². The Hall–Kier alpha value is -2.77. The van der Waals surface area contributed by atoms with Crippen LogP contribution in [0.2, 0.25) is 0 Å². The van der Waals surface area contributed by atoms with Crippen molar-refractivity contribution < 1.29 is 4.79 Å². The van der Waals surface area contributed by atoms with Gasteiger partial charge < -0.3 is 20.4 Å². The van der Waals surface area contributed by atoms with Gasteiger partial charge in [0.1, 0.15) is 5.82 Å². The normalized spacial score (nSPS) is 17.3. The second-order valence-electron chi connectivity index (χ2n) is 7.16. The Morgan fingerprint density at radius 2 is 2.11 bits per heavy atom. The lowest BCUT2D eigenvalue weighted by atomic mass is 10.1. The fourth-order valence-electron chi connectivity index (χ4n) is 3.27. The van der Waals surface area contributed by atoms with Gasteiger partial charge in [0.25, 0.3) is 0 Å². The second-order valence-corrected chi connectivity index (χ2v) is 7.16. The molecule has 0 radical (unpaired) electrons. The summed E-state index contributed by atoms with van der Waals surface area (Å²) < 4.78 is 1.78. The molecule has 0 spiro atoms. The Morgan fingerprint density at radius 1 is 1.26 bits per heavy atom.